The second kappa shape index (κ2) is 4.31. The second-order valence-electron chi connectivity index (χ2n) is 2.83. The summed E-state index contributed by atoms with van der Waals surface area (Å²) in [6.07, 6.45) is 3.16. The monoisotopic (exact) mass is 157 g/mol. The Hall–Kier alpha value is -0.610. The van der Waals surface area contributed by atoms with Crippen LogP contribution in [-0.2, 0) is 4.79 Å². The normalized spacial score (nSPS) is 25.2. The molecule has 0 aromatic rings. The van der Waals surface area contributed by atoms with Crippen molar-refractivity contribution in [3.63, 3.8) is 0 Å². The number of nitrogens with zero attached hydrogens (tertiary/aromatic N) is 1. The molecule has 0 radical (unpaired) electrons. The van der Waals surface area contributed by atoms with Crippen LogP contribution in [-0.4, -0.2) is 37.5 Å². The standard InChI is InChI=1S/C7H15N3O/c1-8-9-7-3-2-4-10(5-7)6-11/h6-9H,2-5H2,1H3. The third-order valence-electron chi connectivity index (χ3n) is 1.95. The average molecular weight is 157 g/mol. The first-order chi connectivity index (χ1) is 5.36. The van der Waals surface area contributed by atoms with Gasteiger partial charge >= 0.3 is 0 Å². The first-order valence-corrected chi connectivity index (χ1v) is 3.98. The van der Waals surface area contributed by atoms with E-state index in [1.807, 2.05) is 7.05 Å². The molecule has 4 nitrogen and oxygen atoms in total. The van der Waals surface area contributed by atoms with Gasteiger partial charge in [0.25, 0.3) is 0 Å². The van der Waals surface area contributed by atoms with E-state index < -0.39 is 0 Å². The summed E-state index contributed by atoms with van der Waals surface area (Å²) < 4.78 is 0. The lowest BCUT2D eigenvalue weighted by molar-refractivity contribution is -0.119. The van der Waals surface area contributed by atoms with E-state index in [0.717, 1.165) is 32.3 Å². The average Bonchev–Trinajstić information content (AvgIpc) is 2.06. The predicted molar refractivity (Wildman–Crippen MR) is 42.9 cm³/mol. The first-order valence-electron chi connectivity index (χ1n) is 3.98. The Labute approximate surface area is 66.9 Å². The number of amides is 1. The number of likely N-dealkylation sites (tertiary alicyclic amines) is 1. The van der Waals surface area contributed by atoms with Crippen LogP contribution in [0.1, 0.15) is 12.8 Å². The molecule has 1 aliphatic heterocycles. The lowest BCUT2D eigenvalue weighted by Crippen LogP contribution is -2.48. The molecule has 0 spiro atoms. The van der Waals surface area contributed by atoms with Gasteiger partial charge in [-0.25, -0.2) is 0 Å². The van der Waals surface area contributed by atoms with Crippen LogP contribution in [0.25, 0.3) is 0 Å². The molecule has 0 saturated carbocycles. The maximum absolute atomic E-state index is 10.4. The largest absolute Gasteiger partial charge is 0.344 e. The molecule has 1 atom stereocenters. The molecule has 11 heavy (non-hydrogen) atoms. The van der Waals surface area contributed by atoms with Crippen molar-refractivity contribution in [2.45, 2.75) is 18.9 Å². The van der Waals surface area contributed by atoms with Gasteiger partial charge in [-0.3, -0.25) is 15.6 Å². The molecule has 0 aliphatic carbocycles. The molecule has 1 saturated heterocycles. The Morgan fingerprint density at radius 2 is 2.45 bits per heavy atom. The topological polar surface area (TPSA) is 44.4 Å². The molecule has 0 aromatic heterocycles. The highest BCUT2D eigenvalue weighted by atomic mass is 16.1. The summed E-state index contributed by atoms with van der Waals surface area (Å²) in [6, 6.07) is 0.416. The fraction of sp³-hybridized carbons (Fsp3) is 0.857. The molecule has 1 amide bonds. The van der Waals surface area contributed by atoms with Crippen molar-refractivity contribution >= 4 is 6.41 Å². The quantitative estimate of drug-likeness (QED) is 0.422. The Morgan fingerprint density at radius 1 is 1.64 bits per heavy atom. The van der Waals surface area contributed by atoms with Crippen molar-refractivity contribution in [2.75, 3.05) is 20.1 Å². The Bertz CT molecular complexity index is 127. The summed E-state index contributed by atoms with van der Waals surface area (Å²) in [4.78, 5) is 12.2. The van der Waals surface area contributed by atoms with E-state index >= 15 is 0 Å². The van der Waals surface area contributed by atoms with Gasteiger partial charge < -0.3 is 4.90 Å². The van der Waals surface area contributed by atoms with Crippen molar-refractivity contribution in [3.05, 3.63) is 0 Å². The van der Waals surface area contributed by atoms with Crippen LogP contribution in [0.2, 0.25) is 0 Å². The van der Waals surface area contributed by atoms with Crippen LogP contribution in [0.15, 0.2) is 0 Å². The van der Waals surface area contributed by atoms with Crippen molar-refractivity contribution < 1.29 is 4.79 Å². The lowest BCUT2D eigenvalue weighted by Gasteiger charge is -2.30. The zero-order chi connectivity index (χ0) is 8.10. The van der Waals surface area contributed by atoms with Crippen LogP contribution in [0.4, 0.5) is 0 Å². The third-order valence-corrected chi connectivity index (χ3v) is 1.95. The molecule has 4 heteroatoms. The summed E-state index contributed by atoms with van der Waals surface area (Å²) in [5, 5.41) is 0. The number of carbonyl (C=O) groups is 1. The van der Waals surface area contributed by atoms with Gasteiger partial charge in [-0.15, -0.1) is 0 Å². The SMILES string of the molecule is CNNC1CCCN(C=O)C1. The van der Waals surface area contributed by atoms with Gasteiger partial charge in [0.15, 0.2) is 0 Å². The summed E-state index contributed by atoms with van der Waals surface area (Å²) in [5.41, 5.74) is 5.99. The van der Waals surface area contributed by atoms with Gasteiger partial charge in [-0.05, 0) is 19.9 Å². The maximum Gasteiger partial charge on any atom is 0.209 e. The highest BCUT2D eigenvalue weighted by molar-refractivity contribution is 5.47. The highest BCUT2D eigenvalue weighted by Gasteiger charge is 2.16. The zero-order valence-corrected chi connectivity index (χ0v) is 6.84. The minimum Gasteiger partial charge on any atom is -0.344 e. The Kier molecular flexibility index (Phi) is 3.32. The number of piperidine rings is 1. The molecule has 0 bridgehead atoms. The third kappa shape index (κ3) is 2.48. The number of hydrogen-bond acceptors (Lipinski definition) is 3. The summed E-state index contributed by atoms with van der Waals surface area (Å²) in [6.45, 7) is 1.73. The molecule has 0 aromatic carbocycles. The zero-order valence-electron chi connectivity index (χ0n) is 6.84. The van der Waals surface area contributed by atoms with Crippen LogP contribution in [0.3, 0.4) is 0 Å². The minimum absolute atomic E-state index is 0.416. The van der Waals surface area contributed by atoms with Crippen molar-refractivity contribution in [1.82, 2.24) is 15.8 Å². The van der Waals surface area contributed by atoms with E-state index in [9.17, 15) is 4.79 Å². The Morgan fingerprint density at radius 3 is 3.09 bits per heavy atom. The number of nitrogens with one attached hydrogen (secondary N) is 2. The number of hydrazine groups is 1. The van der Waals surface area contributed by atoms with Crippen molar-refractivity contribution in [1.29, 1.82) is 0 Å². The van der Waals surface area contributed by atoms with Gasteiger partial charge in [-0.2, -0.15) is 0 Å². The molecular formula is C7H15N3O. The van der Waals surface area contributed by atoms with Crippen LogP contribution < -0.4 is 10.9 Å². The molecular weight excluding hydrogens is 142 g/mol. The minimum atomic E-state index is 0.416. The molecule has 64 valence electrons. The molecule has 1 fully saturated rings. The second-order valence-corrected chi connectivity index (χ2v) is 2.83. The van der Waals surface area contributed by atoms with Crippen LogP contribution >= 0.6 is 0 Å². The predicted octanol–water partition coefficient (Wildman–Crippen LogP) is -0.669. The fourth-order valence-electron chi connectivity index (χ4n) is 1.42. The van der Waals surface area contributed by atoms with Crippen LogP contribution in [0.5, 0.6) is 0 Å². The summed E-state index contributed by atoms with van der Waals surface area (Å²) in [7, 11) is 1.85. The number of hydrogen-bond donors (Lipinski definition) is 2. The van der Waals surface area contributed by atoms with E-state index in [1.54, 1.807) is 4.90 Å². The van der Waals surface area contributed by atoms with E-state index in [0.29, 0.717) is 6.04 Å². The van der Waals surface area contributed by atoms with Gasteiger partial charge in [-0.1, -0.05) is 0 Å². The van der Waals surface area contributed by atoms with E-state index in [-0.39, 0.29) is 0 Å². The van der Waals surface area contributed by atoms with Gasteiger partial charge in [0.1, 0.15) is 0 Å². The summed E-state index contributed by atoms with van der Waals surface area (Å²) in [5.74, 6) is 0. The molecule has 1 aliphatic rings. The van der Waals surface area contributed by atoms with Crippen molar-refractivity contribution in [2.24, 2.45) is 0 Å². The molecule has 2 N–H and O–H groups in total. The number of carbonyl (C=O) groups excluding carboxylic acids is 1. The number of rotatable bonds is 3. The van der Waals surface area contributed by atoms with Crippen molar-refractivity contribution in [3.8, 4) is 0 Å². The van der Waals surface area contributed by atoms with Gasteiger partial charge in [0.05, 0.1) is 0 Å². The maximum atomic E-state index is 10.4. The lowest BCUT2D eigenvalue weighted by atomic mass is 10.1. The summed E-state index contributed by atoms with van der Waals surface area (Å²) >= 11 is 0. The van der Waals surface area contributed by atoms with Gasteiger partial charge in [0.2, 0.25) is 6.41 Å². The first kappa shape index (κ1) is 8.49. The van der Waals surface area contributed by atoms with E-state index in [4.69, 9.17) is 0 Å². The molecule has 1 rings (SSSR count). The van der Waals surface area contributed by atoms with Crippen LogP contribution in [0, 0.1) is 0 Å². The van der Waals surface area contributed by atoms with E-state index in [2.05, 4.69) is 10.9 Å². The highest BCUT2D eigenvalue weighted by Crippen LogP contribution is 2.06. The van der Waals surface area contributed by atoms with E-state index in [1.165, 1.54) is 0 Å². The van der Waals surface area contributed by atoms with Gasteiger partial charge in [0, 0.05) is 19.1 Å². The Balaban J connectivity index is 2.27. The smallest absolute Gasteiger partial charge is 0.209 e. The molecule has 1 unspecified atom stereocenters. The molecule has 1 heterocycles. The fourth-order valence-corrected chi connectivity index (χ4v) is 1.42.